The fourth-order valence-electron chi connectivity index (χ4n) is 2.25. The van der Waals surface area contributed by atoms with E-state index < -0.39 is 10.0 Å². The van der Waals surface area contributed by atoms with Crippen LogP contribution in [0.15, 0.2) is 23.1 Å². The Morgan fingerprint density at radius 2 is 2.14 bits per heavy atom. The molecular weight excluding hydrogens is 294 g/mol. The summed E-state index contributed by atoms with van der Waals surface area (Å²) >= 11 is 0. The standard InChI is InChI=1S/C13H19N3O4S/c1-16-8-9(3-6-13(16)17)15-21(18,19)10-4-5-11(14)12(7-10)20-2/h4-5,7,9,15H,3,6,8,14H2,1-2H3. The summed E-state index contributed by atoms with van der Waals surface area (Å²) in [5.41, 5.74) is 6.05. The molecule has 0 saturated carbocycles. The summed E-state index contributed by atoms with van der Waals surface area (Å²) < 4.78 is 32.4. The van der Waals surface area contributed by atoms with Gasteiger partial charge >= 0.3 is 0 Å². The van der Waals surface area contributed by atoms with Crippen molar-refractivity contribution >= 4 is 21.6 Å². The number of likely N-dealkylation sites (N-methyl/N-ethyl adjacent to an activating group) is 1. The van der Waals surface area contributed by atoms with Crippen LogP contribution in [-0.2, 0) is 14.8 Å². The summed E-state index contributed by atoms with van der Waals surface area (Å²) in [7, 11) is -0.584. The third-order valence-electron chi connectivity index (χ3n) is 3.46. The molecule has 0 bridgehead atoms. The van der Waals surface area contributed by atoms with E-state index in [1.165, 1.54) is 30.2 Å². The number of nitrogens with zero attached hydrogens (tertiary/aromatic N) is 1. The average Bonchev–Trinajstić information content (AvgIpc) is 2.43. The molecule has 1 amide bonds. The first-order valence-electron chi connectivity index (χ1n) is 6.53. The molecule has 8 heteroatoms. The number of nitrogen functional groups attached to an aromatic ring is 1. The molecule has 1 heterocycles. The van der Waals surface area contributed by atoms with Gasteiger partial charge in [-0.1, -0.05) is 0 Å². The molecule has 1 aromatic carbocycles. The smallest absolute Gasteiger partial charge is 0.241 e. The van der Waals surface area contributed by atoms with Gasteiger partial charge in [-0.25, -0.2) is 13.1 Å². The lowest BCUT2D eigenvalue weighted by atomic mass is 10.1. The van der Waals surface area contributed by atoms with E-state index >= 15 is 0 Å². The van der Waals surface area contributed by atoms with Crippen LogP contribution in [0, 0.1) is 0 Å². The van der Waals surface area contributed by atoms with Crippen LogP contribution in [0.25, 0.3) is 0 Å². The van der Waals surface area contributed by atoms with Crippen LogP contribution in [0.5, 0.6) is 5.75 Å². The predicted molar refractivity (Wildman–Crippen MR) is 78.4 cm³/mol. The van der Waals surface area contributed by atoms with Gasteiger partial charge in [-0.2, -0.15) is 0 Å². The predicted octanol–water partition coefficient (Wildman–Crippen LogP) is 0.177. The Kier molecular flexibility index (Phi) is 4.38. The van der Waals surface area contributed by atoms with Gasteiger partial charge in [-0.3, -0.25) is 4.79 Å². The number of hydrogen-bond donors (Lipinski definition) is 2. The molecule has 2 rings (SSSR count). The summed E-state index contributed by atoms with van der Waals surface area (Å²) in [6, 6.07) is 4.01. The first-order valence-corrected chi connectivity index (χ1v) is 8.01. The number of nitrogens with one attached hydrogen (secondary N) is 1. The summed E-state index contributed by atoms with van der Waals surface area (Å²) in [4.78, 5) is 13.0. The Morgan fingerprint density at radius 3 is 2.76 bits per heavy atom. The van der Waals surface area contributed by atoms with Crippen LogP contribution >= 0.6 is 0 Å². The van der Waals surface area contributed by atoms with Crippen LogP contribution in [0.2, 0.25) is 0 Å². The van der Waals surface area contributed by atoms with Gasteiger partial charge in [0.1, 0.15) is 5.75 Å². The molecule has 1 saturated heterocycles. The molecule has 3 N–H and O–H groups in total. The quantitative estimate of drug-likeness (QED) is 0.772. The maximum atomic E-state index is 12.4. The van der Waals surface area contributed by atoms with Crippen molar-refractivity contribution in [3.8, 4) is 5.75 Å². The number of sulfonamides is 1. The molecule has 0 spiro atoms. The van der Waals surface area contributed by atoms with Gasteiger partial charge in [0.25, 0.3) is 0 Å². The van der Waals surface area contributed by atoms with E-state index in [1.807, 2.05) is 0 Å². The maximum Gasteiger partial charge on any atom is 0.241 e. The van der Waals surface area contributed by atoms with Crippen molar-refractivity contribution in [2.45, 2.75) is 23.8 Å². The molecule has 1 atom stereocenters. The summed E-state index contributed by atoms with van der Waals surface area (Å²) in [6.07, 6.45) is 0.837. The van der Waals surface area contributed by atoms with Gasteiger partial charge in [0.2, 0.25) is 15.9 Å². The third kappa shape index (κ3) is 3.45. The largest absolute Gasteiger partial charge is 0.495 e. The van der Waals surface area contributed by atoms with Crippen molar-refractivity contribution in [2.75, 3.05) is 26.4 Å². The van der Waals surface area contributed by atoms with Gasteiger partial charge in [-0.15, -0.1) is 0 Å². The molecule has 21 heavy (non-hydrogen) atoms. The number of methoxy groups -OCH3 is 1. The highest BCUT2D eigenvalue weighted by atomic mass is 32.2. The normalized spacial score (nSPS) is 19.6. The molecule has 1 aliphatic rings. The lowest BCUT2D eigenvalue weighted by molar-refractivity contribution is -0.132. The first kappa shape index (κ1) is 15.6. The summed E-state index contributed by atoms with van der Waals surface area (Å²) in [5, 5.41) is 0. The van der Waals surface area contributed by atoms with Crippen molar-refractivity contribution in [1.82, 2.24) is 9.62 Å². The maximum absolute atomic E-state index is 12.4. The number of anilines is 1. The molecule has 1 fully saturated rings. The van der Waals surface area contributed by atoms with Crippen molar-refractivity contribution in [3.63, 3.8) is 0 Å². The second kappa shape index (κ2) is 5.90. The van der Waals surface area contributed by atoms with E-state index in [0.717, 1.165) is 0 Å². The first-order chi connectivity index (χ1) is 9.83. The highest BCUT2D eigenvalue weighted by Gasteiger charge is 2.27. The Labute approximate surface area is 124 Å². The minimum atomic E-state index is -3.67. The van der Waals surface area contributed by atoms with Crippen LogP contribution in [0.3, 0.4) is 0 Å². The van der Waals surface area contributed by atoms with Crippen molar-refractivity contribution < 1.29 is 17.9 Å². The number of carbonyl (C=O) groups excluding carboxylic acids is 1. The zero-order chi connectivity index (χ0) is 15.6. The lowest BCUT2D eigenvalue weighted by Crippen LogP contribution is -2.48. The second-order valence-electron chi connectivity index (χ2n) is 5.03. The van der Waals surface area contributed by atoms with Gasteiger partial charge in [0.15, 0.2) is 0 Å². The Bertz CT molecular complexity index is 645. The lowest BCUT2D eigenvalue weighted by Gasteiger charge is -2.29. The second-order valence-corrected chi connectivity index (χ2v) is 6.75. The van der Waals surface area contributed by atoms with E-state index in [-0.39, 0.29) is 16.8 Å². The van der Waals surface area contributed by atoms with Gasteiger partial charge in [0.05, 0.1) is 17.7 Å². The number of piperidine rings is 1. The van der Waals surface area contributed by atoms with Crippen molar-refractivity contribution in [2.24, 2.45) is 0 Å². The molecule has 1 aliphatic heterocycles. The summed E-state index contributed by atoms with van der Waals surface area (Å²) in [5.74, 6) is 0.341. The zero-order valence-corrected chi connectivity index (χ0v) is 12.8. The monoisotopic (exact) mass is 313 g/mol. The highest BCUT2D eigenvalue weighted by Crippen LogP contribution is 2.25. The van der Waals surface area contributed by atoms with Gasteiger partial charge < -0.3 is 15.4 Å². The average molecular weight is 313 g/mol. The molecule has 7 nitrogen and oxygen atoms in total. The van der Waals surface area contributed by atoms with E-state index in [0.29, 0.717) is 30.8 Å². The third-order valence-corrected chi connectivity index (χ3v) is 4.98. The molecular formula is C13H19N3O4S. The van der Waals surface area contributed by atoms with Gasteiger partial charge in [0, 0.05) is 32.1 Å². The number of rotatable bonds is 4. The number of amides is 1. The number of nitrogens with two attached hydrogens (primary N) is 1. The van der Waals surface area contributed by atoms with E-state index in [1.54, 1.807) is 7.05 Å². The minimum Gasteiger partial charge on any atom is -0.495 e. The number of benzene rings is 1. The number of likely N-dealkylation sites (tertiary alicyclic amines) is 1. The van der Waals surface area contributed by atoms with E-state index in [2.05, 4.69) is 4.72 Å². The molecule has 1 unspecified atom stereocenters. The fraction of sp³-hybridized carbons (Fsp3) is 0.462. The van der Waals surface area contributed by atoms with Crippen LogP contribution in [-0.4, -0.2) is 46.0 Å². The van der Waals surface area contributed by atoms with Gasteiger partial charge in [-0.05, 0) is 18.6 Å². The van der Waals surface area contributed by atoms with Crippen LogP contribution in [0.1, 0.15) is 12.8 Å². The zero-order valence-electron chi connectivity index (χ0n) is 12.0. The van der Waals surface area contributed by atoms with Crippen LogP contribution < -0.4 is 15.2 Å². The minimum absolute atomic E-state index is 0.0274. The Balaban J connectivity index is 2.17. The molecule has 116 valence electrons. The fourth-order valence-corrected chi connectivity index (χ4v) is 3.53. The number of carbonyl (C=O) groups is 1. The van der Waals surface area contributed by atoms with Crippen molar-refractivity contribution in [1.29, 1.82) is 0 Å². The van der Waals surface area contributed by atoms with Crippen molar-refractivity contribution in [3.05, 3.63) is 18.2 Å². The molecule has 0 aromatic heterocycles. The SMILES string of the molecule is COc1cc(S(=O)(=O)NC2CCC(=O)N(C)C2)ccc1N. The Morgan fingerprint density at radius 1 is 1.43 bits per heavy atom. The topological polar surface area (TPSA) is 102 Å². The Hall–Kier alpha value is -1.80. The number of hydrogen-bond acceptors (Lipinski definition) is 5. The summed E-state index contributed by atoms with van der Waals surface area (Å²) in [6.45, 7) is 0.365. The molecule has 0 aliphatic carbocycles. The number of ether oxygens (including phenoxy) is 1. The highest BCUT2D eigenvalue weighted by molar-refractivity contribution is 7.89. The van der Waals surface area contributed by atoms with E-state index in [4.69, 9.17) is 10.5 Å². The molecule has 1 aromatic rings. The molecule has 0 radical (unpaired) electrons. The van der Waals surface area contributed by atoms with Crippen LogP contribution in [0.4, 0.5) is 5.69 Å². The van der Waals surface area contributed by atoms with E-state index in [9.17, 15) is 13.2 Å².